The van der Waals surface area contributed by atoms with Crippen molar-refractivity contribution in [1.82, 2.24) is 9.97 Å². The molecule has 1 N–H and O–H groups in total. The highest BCUT2D eigenvalue weighted by molar-refractivity contribution is 6.31. The van der Waals surface area contributed by atoms with Crippen LogP contribution < -0.4 is 10.1 Å². The Bertz CT molecular complexity index is 368. The molecule has 1 aliphatic rings. The van der Waals surface area contributed by atoms with Gasteiger partial charge >= 0.3 is 0 Å². The lowest BCUT2D eigenvalue weighted by Gasteiger charge is -2.14. The molecule has 0 aliphatic heterocycles. The average Bonchev–Trinajstić information content (AvgIpc) is 3.09. The van der Waals surface area contributed by atoms with Gasteiger partial charge in [0.2, 0.25) is 0 Å². The molecule has 0 radical (unpaired) electrons. The van der Waals surface area contributed by atoms with Crippen molar-refractivity contribution < 1.29 is 4.74 Å². The van der Waals surface area contributed by atoms with E-state index < -0.39 is 0 Å². The Labute approximate surface area is 100 Å². The number of hydrogen-bond donors (Lipinski definition) is 1. The summed E-state index contributed by atoms with van der Waals surface area (Å²) in [6, 6.07) is 0. The normalized spacial score (nSPS) is 16.9. The maximum atomic E-state index is 5.90. The van der Waals surface area contributed by atoms with Gasteiger partial charge in [0.05, 0.1) is 7.11 Å². The molecule has 1 heterocycles. The number of aromatic nitrogens is 2. The molecule has 0 aromatic carbocycles. The van der Waals surface area contributed by atoms with Crippen LogP contribution in [0.15, 0.2) is 6.33 Å². The maximum absolute atomic E-state index is 5.90. The van der Waals surface area contributed by atoms with Crippen LogP contribution in [-0.2, 0) is 0 Å². The number of hydrogen-bond acceptors (Lipinski definition) is 4. The van der Waals surface area contributed by atoms with Gasteiger partial charge in [-0.25, -0.2) is 9.97 Å². The van der Waals surface area contributed by atoms with E-state index in [4.69, 9.17) is 16.3 Å². The zero-order valence-corrected chi connectivity index (χ0v) is 10.3. The van der Waals surface area contributed by atoms with Crippen molar-refractivity contribution in [2.45, 2.75) is 19.8 Å². The lowest BCUT2D eigenvalue weighted by molar-refractivity contribution is 0.412. The van der Waals surface area contributed by atoms with Crippen LogP contribution in [0.1, 0.15) is 19.8 Å². The first kappa shape index (κ1) is 11.5. The second-order valence-electron chi connectivity index (χ2n) is 4.24. The molecule has 16 heavy (non-hydrogen) atoms. The highest BCUT2D eigenvalue weighted by Gasteiger charge is 2.27. The number of halogens is 1. The smallest absolute Gasteiger partial charge is 0.198 e. The second kappa shape index (κ2) is 4.87. The molecule has 1 unspecified atom stereocenters. The van der Waals surface area contributed by atoms with Crippen molar-refractivity contribution in [3.05, 3.63) is 11.5 Å². The lowest BCUT2D eigenvalue weighted by atomic mass is 10.1. The zero-order valence-electron chi connectivity index (χ0n) is 9.53. The standard InChI is InChI=1S/C11H16ClN3O/c1-7(8-3-4-8)5-13-11-9(16-2)10(12)14-6-15-11/h6-8H,3-5H2,1-2H3,(H,13,14,15). The minimum absolute atomic E-state index is 0.346. The molecular formula is C11H16ClN3O. The maximum Gasteiger partial charge on any atom is 0.198 e. The minimum Gasteiger partial charge on any atom is -0.490 e. The van der Waals surface area contributed by atoms with Crippen molar-refractivity contribution in [2.24, 2.45) is 11.8 Å². The third-order valence-electron chi connectivity index (χ3n) is 2.98. The van der Waals surface area contributed by atoms with Gasteiger partial charge in [0.25, 0.3) is 0 Å². The van der Waals surface area contributed by atoms with Crippen molar-refractivity contribution in [3.63, 3.8) is 0 Å². The Morgan fingerprint density at radius 1 is 1.56 bits per heavy atom. The number of methoxy groups -OCH3 is 1. The van der Waals surface area contributed by atoms with Gasteiger partial charge in [-0.2, -0.15) is 0 Å². The number of anilines is 1. The molecule has 0 saturated heterocycles. The summed E-state index contributed by atoms with van der Waals surface area (Å²) in [5, 5.41) is 3.61. The molecule has 1 aromatic heterocycles. The van der Waals surface area contributed by atoms with E-state index in [2.05, 4.69) is 22.2 Å². The highest BCUT2D eigenvalue weighted by Crippen LogP contribution is 2.37. The molecule has 1 atom stereocenters. The predicted molar refractivity (Wildman–Crippen MR) is 64.0 cm³/mol. The van der Waals surface area contributed by atoms with Crippen LogP contribution in [0.5, 0.6) is 5.75 Å². The molecule has 1 aromatic rings. The van der Waals surface area contributed by atoms with E-state index in [1.165, 1.54) is 19.2 Å². The van der Waals surface area contributed by atoms with Crippen molar-refractivity contribution in [3.8, 4) is 5.75 Å². The number of nitrogens with one attached hydrogen (secondary N) is 1. The van der Waals surface area contributed by atoms with E-state index >= 15 is 0 Å². The largest absolute Gasteiger partial charge is 0.490 e. The molecule has 5 heteroatoms. The molecule has 1 saturated carbocycles. The topological polar surface area (TPSA) is 47.0 Å². The van der Waals surface area contributed by atoms with E-state index in [0.29, 0.717) is 22.6 Å². The minimum atomic E-state index is 0.346. The van der Waals surface area contributed by atoms with Crippen molar-refractivity contribution >= 4 is 17.4 Å². The zero-order chi connectivity index (χ0) is 11.5. The van der Waals surface area contributed by atoms with Gasteiger partial charge in [-0.05, 0) is 24.7 Å². The number of nitrogens with zero attached hydrogens (tertiary/aromatic N) is 2. The Morgan fingerprint density at radius 2 is 2.31 bits per heavy atom. The fraction of sp³-hybridized carbons (Fsp3) is 0.636. The Balaban J connectivity index is 1.99. The highest BCUT2D eigenvalue weighted by atomic mass is 35.5. The molecule has 0 amide bonds. The molecule has 2 rings (SSSR count). The average molecular weight is 242 g/mol. The van der Waals surface area contributed by atoms with Crippen LogP contribution in [0.4, 0.5) is 5.82 Å². The van der Waals surface area contributed by atoms with Crippen LogP contribution in [0.25, 0.3) is 0 Å². The quantitative estimate of drug-likeness (QED) is 0.805. The number of rotatable bonds is 5. The molecule has 0 bridgehead atoms. The van der Waals surface area contributed by atoms with E-state index in [-0.39, 0.29) is 0 Å². The summed E-state index contributed by atoms with van der Waals surface area (Å²) in [5.74, 6) is 2.73. The first-order chi connectivity index (χ1) is 7.72. The summed E-state index contributed by atoms with van der Waals surface area (Å²) in [5.41, 5.74) is 0. The molecule has 1 aliphatic carbocycles. The second-order valence-corrected chi connectivity index (χ2v) is 4.60. The SMILES string of the molecule is COc1c(Cl)ncnc1NCC(C)C1CC1. The van der Waals surface area contributed by atoms with Crippen LogP contribution in [-0.4, -0.2) is 23.6 Å². The van der Waals surface area contributed by atoms with Gasteiger partial charge in [0.15, 0.2) is 16.7 Å². The molecule has 88 valence electrons. The summed E-state index contributed by atoms with van der Waals surface area (Å²) in [6.07, 6.45) is 4.14. The molecule has 4 nitrogen and oxygen atoms in total. The molecule has 0 spiro atoms. The summed E-state index contributed by atoms with van der Waals surface area (Å²) in [6.45, 7) is 3.15. The van der Waals surface area contributed by atoms with E-state index in [9.17, 15) is 0 Å². The van der Waals surface area contributed by atoms with Gasteiger partial charge in [0, 0.05) is 6.54 Å². The Morgan fingerprint density at radius 3 is 2.94 bits per heavy atom. The van der Waals surface area contributed by atoms with Crippen LogP contribution >= 0.6 is 11.6 Å². The van der Waals surface area contributed by atoms with E-state index in [1.54, 1.807) is 7.11 Å². The summed E-state index contributed by atoms with van der Waals surface area (Å²) in [7, 11) is 1.57. The summed E-state index contributed by atoms with van der Waals surface area (Å²) in [4.78, 5) is 8.00. The predicted octanol–water partition coefficient (Wildman–Crippen LogP) is 2.60. The summed E-state index contributed by atoms with van der Waals surface area (Å²) < 4.78 is 5.17. The van der Waals surface area contributed by atoms with Gasteiger partial charge < -0.3 is 10.1 Å². The van der Waals surface area contributed by atoms with Crippen molar-refractivity contribution in [1.29, 1.82) is 0 Å². The Hall–Kier alpha value is -1.03. The van der Waals surface area contributed by atoms with E-state index in [1.807, 2.05) is 0 Å². The first-order valence-electron chi connectivity index (χ1n) is 5.50. The van der Waals surface area contributed by atoms with Crippen molar-refractivity contribution in [2.75, 3.05) is 19.0 Å². The van der Waals surface area contributed by atoms with Gasteiger partial charge in [0.1, 0.15) is 6.33 Å². The number of ether oxygens (including phenoxy) is 1. The fourth-order valence-corrected chi connectivity index (χ4v) is 1.96. The Kier molecular flexibility index (Phi) is 3.49. The monoisotopic (exact) mass is 241 g/mol. The molecule has 1 fully saturated rings. The molecular weight excluding hydrogens is 226 g/mol. The summed E-state index contributed by atoms with van der Waals surface area (Å²) >= 11 is 5.90. The third kappa shape index (κ3) is 2.55. The van der Waals surface area contributed by atoms with Crippen LogP contribution in [0, 0.1) is 11.8 Å². The fourth-order valence-electron chi connectivity index (χ4n) is 1.75. The third-order valence-corrected chi connectivity index (χ3v) is 3.25. The van der Waals surface area contributed by atoms with Gasteiger partial charge in [-0.1, -0.05) is 18.5 Å². The lowest BCUT2D eigenvalue weighted by Crippen LogP contribution is -2.14. The van der Waals surface area contributed by atoms with E-state index in [0.717, 1.165) is 12.5 Å². The van der Waals surface area contributed by atoms with Gasteiger partial charge in [-0.3, -0.25) is 0 Å². The first-order valence-corrected chi connectivity index (χ1v) is 5.88. The van der Waals surface area contributed by atoms with Gasteiger partial charge in [-0.15, -0.1) is 0 Å². The van der Waals surface area contributed by atoms with Crippen LogP contribution in [0.2, 0.25) is 5.15 Å². The van der Waals surface area contributed by atoms with Crippen LogP contribution in [0.3, 0.4) is 0 Å².